The zero-order valence-electron chi connectivity index (χ0n) is 9.68. The smallest absolute Gasteiger partial charge is 0.196 e. The van der Waals surface area contributed by atoms with Crippen molar-refractivity contribution >= 4 is 11.6 Å². The van der Waals surface area contributed by atoms with Crippen molar-refractivity contribution in [1.82, 2.24) is 0 Å². The van der Waals surface area contributed by atoms with E-state index in [0.29, 0.717) is 0 Å². The second kappa shape index (κ2) is 6.53. The van der Waals surface area contributed by atoms with Crippen LogP contribution in [0.2, 0.25) is 0 Å². The van der Waals surface area contributed by atoms with Crippen molar-refractivity contribution in [1.29, 1.82) is 0 Å². The van der Waals surface area contributed by atoms with Gasteiger partial charge in [0.15, 0.2) is 10.7 Å². The molecule has 116 valence electrons. The van der Waals surface area contributed by atoms with Crippen molar-refractivity contribution < 1.29 is 43.8 Å². The quantitative estimate of drug-likeness (QED) is 0.288. The molecule has 0 fully saturated rings. The van der Waals surface area contributed by atoms with Crippen LogP contribution in [0.25, 0.3) is 0 Å². The molecule has 1 unspecified atom stereocenters. The number of rotatable bonds is 8. The summed E-state index contributed by atoms with van der Waals surface area (Å²) in [6, 6.07) is 0. The largest absolute Gasteiger partial charge is 0.393 e. The van der Waals surface area contributed by atoms with Crippen LogP contribution in [-0.2, 0) is 0 Å². The molecule has 0 rings (SSSR count). The zero-order valence-corrected chi connectivity index (χ0v) is 10.4. The molecule has 6 N–H and O–H groups in total. The summed E-state index contributed by atoms with van der Waals surface area (Å²) in [5, 5.41) is 52.8. The maximum Gasteiger partial charge on any atom is 0.196 e. The van der Waals surface area contributed by atoms with Gasteiger partial charge in [0, 0.05) is 0 Å². The molecule has 0 spiro atoms. The third kappa shape index (κ3) is 3.48. The molecule has 5 atom stereocenters. The van der Waals surface area contributed by atoms with Crippen molar-refractivity contribution in [3.8, 4) is 0 Å². The molecule has 0 aromatic rings. The van der Waals surface area contributed by atoms with E-state index in [1.54, 1.807) is 0 Å². The Kier molecular flexibility index (Phi) is 6.47. The fourth-order valence-corrected chi connectivity index (χ4v) is 1.61. The molecular weight excluding hydrogens is 297 g/mol. The lowest BCUT2D eigenvalue weighted by molar-refractivity contribution is -0.247. The fourth-order valence-electron chi connectivity index (χ4n) is 1.42. The Morgan fingerprint density at radius 3 is 1.63 bits per heavy atom. The second-order valence-electron chi connectivity index (χ2n) is 4.28. The highest BCUT2D eigenvalue weighted by Crippen LogP contribution is 2.33. The van der Waals surface area contributed by atoms with Gasteiger partial charge in [-0.05, 0) is 0 Å². The summed E-state index contributed by atoms with van der Waals surface area (Å²) < 4.78 is 37.7. The summed E-state index contributed by atoms with van der Waals surface area (Å²) in [6.45, 7) is -7.09. The van der Waals surface area contributed by atoms with Gasteiger partial charge in [-0.25, -0.2) is 13.2 Å². The molecule has 6 nitrogen and oxygen atoms in total. The highest BCUT2D eigenvalue weighted by molar-refractivity contribution is 6.23. The van der Waals surface area contributed by atoms with Crippen LogP contribution in [0, 0.1) is 0 Å². The first-order chi connectivity index (χ1) is 8.55. The van der Waals surface area contributed by atoms with Crippen LogP contribution < -0.4 is 0 Å². The Labute approximate surface area is 111 Å². The van der Waals surface area contributed by atoms with Gasteiger partial charge in [-0.2, -0.15) is 0 Å². The van der Waals surface area contributed by atoms with Gasteiger partial charge in [-0.3, -0.25) is 0 Å². The standard InChI is InChI=1S/C9H16ClF3O6/c10-9(19,3-13)6(16)8(18,2-12)5(15)7(17,1-11)4-14/h5-6,14-19H,1-4H2/t5-,6-,7-,8+,9?/m1/s1. The molecular formula is C9H16ClF3O6. The summed E-state index contributed by atoms with van der Waals surface area (Å²) in [4.78, 5) is 0. The first-order valence-electron chi connectivity index (χ1n) is 5.06. The van der Waals surface area contributed by atoms with E-state index in [0.717, 1.165) is 0 Å². The van der Waals surface area contributed by atoms with Crippen LogP contribution in [0.3, 0.4) is 0 Å². The van der Waals surface area contributed by atoms with E-state index < -0.39 is 55.1 Å². The highest BCUT2D eigenvalue weighted by atomic mass is 35.5. The van der Waals surface area contributed by atoms with E-state index >= 15 is 0 Å². The van der Waals surface area contributed by atoms with Crippen molar-refractivity contribution in [2.45, 2.75) is 28.5 Å². The molecule has 0 heterocycles. The number of alkyl halides is 4. The first kappa shape index (κ1) is 18.8. The van der Waals surface area contributed by atoms with E-state index in [4.69, 9.17) is 16.7 Å². The van der Waals surface area contributed by atoms with Gasteiger partial charge in [0.25, 0.3) is 0 Å². The van der Waals surface area contributed by atoms with Crippen LogP contribution >= 0.6 is 11.6 Å². The summed E-state index contributed by atoms with van der Waals surface area (Å²) in [5.41, 5.74) is -6.42. The molecule has 0 aliphatic heterocycles. The zero-order chi connectivity index (χ0) is 15.5. The van der Waals surface area contributed by atoms with E-state index in [2.05, 4.69) is 0 Å². The minimum absolute atomic E-state index is 1.43. The predicted octanol–water partition coefficient (Wildman–Crippen LogP) is -2.00. The predicted molar refractivity (Wildman–Crippen MR) is 57.7 cm³/mol. The average Bonchev–Trinajstić information content (AvgIpc) is 2.43. The maximum atomic E-state index is 12.8. The Bertz CT molecular complexity index is 291. The summed E-state index contributed by atoms with van der Waals surface area (Å²) in [5.74, 6) is 0. The Balaban J connectivity index is 5.48. The van der Waals surface area contributed by atoms with E-state index in [9.17, 15) is 38.7 Å². The van der Waals surface area contributed by atoms with Crippen molar-refractivity contribution in [3.05, 3.63) is 0 Å². The molecule has 0 saturated heterocycles. The molecule has 19 heavy (non-hydrogen) atoms. The SMILES string of the molecule is OC[C@](O)(CF)[C@@H](O)[C@@](O)(CF)[C@@H](O)C(O)(Cl)CF. The summed E-state index contributed by atoms with van der Waals surface area (Å²) >= 11 is 5.07. The summed E-state index contributed by atoms with van der Waals surface area (Å²) in [7, 11) is 0. The lowest BCUT2D eigenvalue weighted by atomic mass is 9.79. The van der Waals surface area contributed by atoms with Crippen LogP contribution in [0.4, 0.5) is 13.2 Å². The van der Waals surface area contributed by atoms with Crippen molar-refractivity contribution in [2.24, 2.45) is 0 Å². The van der Waals surface area contributed by atoms with Crippen molar-refractivity contribution in [3.63, 3.8) is 0 Å². The van der Waals surface area contributed by atoms with Crippen LogP contribution in [-0.4, -0.2) is 85.7 Å². The number of aliphatic hydroxyl groups is 6. The van der Waals surface area contributed by atoms with Gasteiger partial charge in [0.05, 0.1) is 6.61 Å². The highest BCUT2D eigenvalue weighted by Gasteiger charge is 2.58. The van der Waals surface area contributed by atoms with Gasteiger partial charge in [-0.1, -0.05) is 11.6 Å². The van der Waals surface area contributed by atoms with Gasteiger partial charge in [0.1, 0.15) is 37.8 Å². The van der Waals surface area contributed by atoms with E-state index in [1.165, 1.54) is 0 Å². The molecule has 0 bridgehead atoms. The molecule has 0 aromatic carbocycles. The molecule has 0 aromatic heterocycles. The van der Waals surface area contributed by atoms with Gasteiger partial charge >= 0.3 is 0 Å². The maximum absolute atomic E-state index is 12.8. The minimum atomic E-state index is -3.40. The molecule has 0 saturated carbocycles. The molecule has 0 amide bonds. The number of halogens is 4. The minimum Gasteiger partial charge on any atom is -0.393 e. The summed E-state index contributed by atoms with van der Waals surface area (Å²) in [6.07, 6.45) is -5.59. The normalized spacial score (nSPS) is 24.9. The molecule has 10 heteroatoms. The number of hydrogen-bond acceptors (Lipinski definition) is 6. The second-order valence-corrected chi connectivity index (χ2v) is 4.93. The van der Waals surface area contributed by atoms with Crippen LogP contribution in [0.15, 0.2) is 0 Å². The molecule has 0 radical (unpaired) electrons. The Hall–Kier alpha value is -0.160. The van der Waals surface area contributed by atoms with Crippen LogP contribution in [0.1, 0.15) is 0 Å². The molecule has 0 aliphatic carbocycles. The van der Waals surface area contributed by atoms with Crippen molar-refractivity contribution in [2.75, 3.05) is 26.6 Å². The first-order valence-corrected chi connectivity index (χ1v) is 5.44. The third-order valence-electron chi connectivity index (χ3n) is 2.78. The lowest BCUT2D eigenvalue weighted by Gasteiger charge is -2.44. The number of aliphatic hydroxyl groups excluding tert-OH is 3. The third-order valence-corrected chi connectivity index (χ3v) is 3.09. The monoisotopic (exact) mass is 312 g/mol. The van der Waals surface area contributed by atoms with Gasteiger partial charge in [0.2, 0.25) is 0 Å². The van der Waals surface area contributed by atoms with E-state index in [-0.39, 0.29) is 0 Å². The van der Waals surface area contributed by atoms with Gasteiger partial charge in [-0.15, -0.1) is 0 Å². The van der Waals surface area contributed by atoms with Gasteiger partial charge < -0.3 is 30.6 Å². The molecule has 0 aliphatic rings. The topological polar surface area (TPSA) is 121 Å². The Morgan fingerprint density at radius 2 is 1.37 bits per heavy atom. The Morgan fingerprint density at radius 1 is 0.895 bits per heavy atom. The van der Waals surface area contributed by atoms with Crippen LogP contribution in [0.5, 0.6) is 0 Å². The average molecular weight is 313 g/mol. The lowest BCUT2D eigenvalue weighted by Crippen LogP contribution is -2.69. The number of hydrogen-bond donors (Lipinski definition) is 6. The van der Waals surface area contributed by atoms with E-state index in [1.807, 2.05) is 0 Å². The fraction of sp³-hybridized carbons (Fsp3) is 1.00.